The molecule has 108 valence electrons. The lowest BCUT2D eigenvalue weighted by Gasteiger charge is -2.10. The van der Waals surface area contributed by atoms with Gasteiger partial charge in [-0.05, 0) is 43.0 Å². The molecule has 3 nitrogen and oxygen atoms in total. The van der Waals surface area contributed by atoms with Crippen molar-refractivity contribution in [3.05, 3.63) is 29.6 Å². The fraction of sp³-hybridized carbons (Fsp3) is 0.600. The molecule has 0 radical (unpaired) electrons. The predicted molar refractivity (Wildman–Crippen MR) is 74.8 cm³/mol. The van der Waals surface area contributed by atoms with Crippen LogP contribution in [0.5, 0.6) is 5.75 Å². The van der Waals surface area contributed by atoms with Gasteiger partial charge in [0.25, 0.3) is 0 Å². The third kappa shape index (κ3) is 7.13. The van der Waals surface area contributed by atoms with Crippen molar-refractivity contribution in [2.45, 2.75) is 33.2 Å². The molecule has 0 fully saturated rings. The highest BCUT2D eigenvalue weighted by atomic mass is 19.1. The lowest BCUT2D eigenvalue weighted by molar-refractivity contribution is 0.252. The lowest BCUT2D eigenvalue weighted by Crippen LogP contribution is -2.19. The first-order valence-corrected chi connectivity index (χ1v) is 6.85. The molecule has 0 amide bonds. The van der Waals surface area contributed by atoms with Gasteiger partial charge in [-0.25, -0.2) is 4.39 Å². The van der Waals surface area contributed by atoms with Crippen molar-refractivity contribution in [2.24, 2.45) is 5.92 Å². The Morgan fingerprint density at radius 2 is 2.05 bits per heavy atom. The normalized spacial score (nSPS) is 11.0. The molecule has 0 aliphatic heterocycles. The number of rotatable bonds is 9. The topological polar surface area (TPSA) is 41.5 Å². The molecule has 0 bridgehead atoms. The van der Waals surface area contributed by atoms with Crippen molar-refractivity contribution in [1.82, 2.24) is 5.32 Å². The van der Waals surface area contributed by atoms with Crippen LogP contribution in [0.25, 0.3) is 0 Å². The summed E-state index contributed by atoms with van der Waals surface area (Å²) < 4.78 is 18.9. The second-order valence-corrected chi connectivity index (χ2v) is 5.10. The van der Waals surface area contributed by atoms with Crippen molar-refractivity contribution < 1.29 is 14.2 Å². The molecular formula is C15H24FNO2. The summed E-state index contributed by atoms with van der Waals surface area (Å²) in [6.45, 7) is 6.48. The van der Waals surface area contributed by atoms with E-state index in [1.165, 1.54) is 12.1 Å². The van der Waals surface area contributed by atoms with E-state index in [9.17, 15) is 4.39 Å². The van der Waals surface area contributed by atoms with Crippen molar-refractivity contribution in [3.8, 4) is 5.75 Å². The van der Waals surface area contributed by atoms with Crippen LogP contribution in [0.1, 0.15) is 32.3 Å². The molecular weight excluding hydrogens is 245 g/mol. The van der Waals surface area contributed by atoms with Crippen LogP contribution < -0.4 is 10.1 Å². The highest BCUT2D eigenvalue weighted by molar-refractivity contribution is 5.29. The number of ether oxygens (including phenoxy) is 1. The Hall–Kier alpha value is -1.13. The fourth-order valence-electron chi connectivity index (χ4n) is 1.72. The van der Waals surface area contributed by atoms with Crippen molar-refractivity contribution >= 4 is 0 Å². The van der Waals surface area contributed by atoms with Gasteiger partial charge >= 0.3 is 0 Å². The summed E-state index contributed by atoms with van der Waals surface area (Å²) in [6, 6.07) is 4.77. The van der Waals surface area contributed by atoms with Gasteiger partial charge in [-0.15, -0.1) is 0 Å². The van der Waals surface area contributed by atoms with E-state index in [-0.39, 0.29) is 12.4 Å². The monoisotopic (exact) mass is 269 g/mol. The SMILES string of the molecule is CC(C)CNCc1cc(F)cc(OCCCCO)c1. The number of aliphatic hydroxyl groups is 1. The van der Waals surface area contributed by atoms with E-state index in [1.807, 2.05) is 6.07 Å². The van der Waals surface area contributed by atoms with E-state index in [2.05, 4.69) is 19.2 Å². The molecule has 1 aromatic carbocycles. The summed E-state index contributed by atoms with van der Waals surface area (Å²) in [7, 11) is 0. The van der Waals surface area contributed by atoms with Gasteiger partial charge in [0.05, 0.1) is 6.61 Å². The molecule has 0 aliphatic carbocycles. The zero-order valence-electron chi connectivity index (χ0n) is 11.8. The zero-order chi connectivity index (χ0) is 14.1. The summed E-state index contributed by atoms with van der Waals surface area (Å²) in [5, 5.41) is 11.9. The minimum absolute atomic E-state index is 0.164. The number of hydrogen-bond acceptors (Lipinski definition) is 3. The lowest BCUT2D eigenvalue weighted by atomic mass is 10.2. The molecule has 4 heteroatoms. The van der Waals surface area contributed by atoms with E-state index in [0.29, 0.717) is 31.2 Å². The predicted octanol–water partition coefficient (Wildman–Crippen LogP) is 2.72. The molecule has 19 heavy (non-hydrogen) atoms. The molecule has 1 rings (SSSR count). The van der Waals surface area contributed by atoms with Crippen LogP contribution in [0, 0.1) is 11.7 Å². The van der Waals surface area contributed by atoms with Gasteiger partial charge in [0, 0.05) is 19.2 Å². The van der Waals surface area contributed by atoms with E-state index in [4.69, 9.17) is 9.84 Å². The molecule has 0 saturated carbocycles. The van der Waals surface area contributed by atoms with Crippen molar-refractivity contribution in [1.29, 1.82) is 0 Å². The summed E-state index contributed by atoms with van der Waals surface area (Å²) in [5.41, 5.74) is 0.887. The average Bonchev–Trinajstić information content (AvgIpc) is 2.34. The molecule has 0 atom stereocenters. The van der Waals surface area contributed by atoms with Crippen molar-refractivity contribution in [2.75, 3.05) is 19.8 Å². The number of aliphatic hydroxyl groups excluding tert-OH is 1. The van der Waals surface area contributed by atoms with Crippen LogP contribution in [0.2, 0.25) is 0 Å². The first kappa shape index (κ1) is 15.9. The second kappa shape index (κ2) is 8.88. The van der Waals surface area contributed by atoms with Crippen LogP contribution in [0.15, 0.2) is 18.2 Å². The smallest absolute Gasteiger partial charge is 0.127 e. The summed E-state index contributed by atoms with van der Waals surface area (Å²) in [5.74, 6) is 0.850. The standard InChI is InChI=1S/C15H24FNO2/c1-12(2)10-17-11-13-7-14(16)9-15(8-13)19-6-4-3-5-18/h7-9,12,17-18H,3-6,10-11H2,1-2H3. The number of hydrogen-bond donors (Lipinski definition) is 2. The first-order valence-electron chi connectivity index (χ1n) is 6.85. The second-order valence-electron chi connectivity index (χ2n) is 5.10. The van der Waals surface area contributed by atoms with E-state index in [0.717, 1.165) is 18.5 Å². The Bertz CT molecular complexity index is 369. The van der Waals surface area contributed by atoms with E-state index >= 15 is 0 Å². The van der Waals surface area contributed by atoms with Gasteiger partial charge in [0.2, 0.25) is 0 Å². The maximum Gasteiger partial charge on any atom is 0.127 e. The van der Waals surface area contributed by atoms with E-state index in [1.54, 1.807) is 0 Å². The zero-order valence-corrected chi connectivity index (χ0v) is 11.8. The number of benzene rings is 1. The summed E-state index contributed by atoms with van der Waals surface area (Å²) in [4.78, 5) is 0. The van der Waals surface area contributed by atoms with Crippen LogP contribution in [0.3, 0.4) is 0 Å². The molecule has 0 spiro atoms. The van der Waals surface area contributed by atoms with Gasteiger partial charge in [0.1, 0.15) is 11.6 Å². The quantitative estimate of drug-likeness (QED) is 0.677. The highest BCUT2D eigenvalue weighted by Gasteiger charge is 2.02. The number of unbranched alkanes of at least 4 members (excludes halogenated alkanes) is 1. The van der Waals surface area contributed by atoms with Crippen LogP contribution in [0.4, 0.5) is 4.39 Å². The maximum absolute atomic E-state index is 13.4. The summed E-state index contributed by atoms with van der Waals surface area (Å²) in [6.07, 6.45) is 1.48. The Labute approximate surface area is 114 Å². The minimum Gasteiger partial charge on any atom is -0.493 e. The molecule has 0 aromatic heterocycles. The first-order chi connectivity index (χ1) is 9.11. The molecule has 2 N–H and O–H groups in total. The van der Waals surface area contributed by atoms with Gasteiger partial charge in [-0.1, -0.05) is 13.8 Å². The van der Waals surface area contributed by atoms with Crippen molar-refractivity contribution in [3.63, 3.8) is 0 Å². The Balaban J connectivity index is 2.46. The largest absolute Gasteiger partial charge is 0.493 e. The van der Waals surface area contributed by atoms with Crippen LogP contribution in [-0.2, 0) is 6.54 Å². The fourth-order valence-corrected chi connectivity index (χ4v) is 1.72. The van der Waals surface area contributed by atoms with Crippen LogP contribution >= 0.6 is 0 Å². The van der Waals surface area contributed by atoms with E-state index < -0.39 is 0 Å². The molecule has 0 aliphatic rings. The maximum atomic E-state index is 13.4. The van der Waals surface area contributed by atoms with Gasteiger partial charge in [0.15, 0.2) is 0 Å². The third-order valence-corrected chi connectivity index (χ3v) is 2.63. The number of nitrogens with one attached hydrogen (secondary N) is 1. The van der Waals surface area contributed by atoms with Gasteiger partial charge < -0.3 is 15.2 Å². The Morgan fingerprint density at radius 1 is 1.26 bits per heavy atom. The third-order valence-electron chi connectivity index (χ3n) is 2.63. The average molecular weight is 269 g/mol. The minimum atomic E-state index is -0.277. The molecule has 0 unspecified atom stereocenters. The summed E-state index contributed by atoms with van der Waals surface area (Å²) >= 11 is 0. The Kier molecular flexibility index (Phi) is 7.45. The number of halogens is 1. The van der Waals surface area contributed by atoms with Gasteiger partial charge in [-0.3, -0.25) is 0 Å². The molecule has 0 heterocycles. The Morgan fingerprint density at radius 3 is 2.74 bits per heavy atom. The highest BCUT2D eigenvalue weighted by Crippen LogP contribution is 2.17. The molecule has 0 saturated heterocycles. The van der Waals surface area contributed by atoms with Gasteiger partial charge in [-0.2, -0.15) is 0 Å². The van der Waals surface area contributed by atoms with Crippen LogP contribution in [-0.4, -0.2) is 24.9 Å². The molecule has 1 aromatic rings.